The molecule has 1 heterocycles. The maximum atomic E-state index is 6.06. The topological polar surface area (TPSA) is 24.4 Å². The molecular weight excluding hydrogens is 251 g/mol. The van der Waals surface area contributed by atoms with Gasteiger partial charge in [0.25, 0.3) is 0 Å². The Morgan fingerprint density at radius 3 is 2.67 bits per heavy atom. The van der Waals surface area contributed by atoms with Gasteiger partial charge in [0, 0.05) is 22.3 Å². The van der Waals surface area contributed by atoms with Gasteiger partial charge in [-0.05, 0) is 17.7 Å². The number of thioether (sulfide) groups is 1. The molecule has 2 rings (SSSR count). The number of halogens is 2. The normalized spacial score (nSPS) is 14.9. The van der Waals surface area contributed by atoms with Crippen molar-refractivity contribution in [1.29, 1.82) is 0 Å². The molecule has 0 saturated carbocycles. The number of aliphatic imine (C=N–C) groups is 1. The van der Waals surface area contributed by atoms with Crippen LogP contribution in [0.2, 0.25) is 10.0 Å². The Morgan fingerprint density at radius 2 is 2.07 bits per heavy atom. The molecule has 1 aliphatic heterocycles. The highest BCUT2D eigenvalue weighted by molar-refractivity contribution is 8.13. The molecule has 0 aliphatic carbocycles. The molecule has 0 saturated heterocycles. The van der Waals surface area contributed by atoms with Crippen LogP contribution in [-0.2, 0) is 5.75 Å². The smallest absolute Gasteiger partial charge is 0.157 e. The van der Waals surface area contributed by atoms with Crippen molar-refractivity contribution in [3.05, 3.63) is 33.8 Å². The molecule has 0 radical (unpaired) electrons. The molecule has 0 aromatic heterocycles. The Bertz CT molecular complexity index is 373. The van der Waals surface area contributed by atoms with Gasteiger partial charge in [0.1, 0.15) is 0 Å². The largest absolute Gasteiger partial charge is 0.363 e. The first-order valence-electron chi connectivity index (χ1n) is 4.61. The van der Waals surface area contributed by atoms with Crippen molar-refractivity contribution in [2.45, 2.75) is 5.75 Å². The zero-order chi connectivity index (χ0) is 10.7. The molecular formula is C10H10Cl2N2S. The molecule has 80 valence electrons. The number of nitrogens with one attached hydrogen (secondary N) is 1. The third kappa shape index (κ3) is 2.80. The maximum Gasteiger partial charge on any atom is 0.157 e. The highest BCUT2D eigenvalue weighted by atomic mass is 35.5. The van der Waals surface area contributed by atoms with E-state index in [4.69, 9.17) is 23.2 Å². The number of benzene rings is 1. The summed E-state index contributed by atoms with van der Waals surface area (Å²) in [5, 5.41) is 5.60. The molecule has 1 N–H and O–H groups in total. The predicted molar refractivity (Wildman–Crippen MR) is 68.1 cm³/mol. The van der Waals surface area contributed by atoms with Crippen LogP contribution in [0.5, 0.6) is 0 Å². The summed E-state index contributed by atoms with van der Waals surface area (Å²) in [6, 6.07) is 5.56. The Hall–Kier alpha value is -0.380. The molecule has 0 unspecified atom stereocenters. The molecule has 15 heavy (non-hydrogen) atoms. The van der Waals surface area contributed by atoms with E-state index in [0.717, 1.165) is 29.6 Å². The Kier molecular flexibility index (Phi) is 3.78. The minimum Gasteiger partial charge on any atom is -0.363 e. The fourth-order valence-corrected chi connectivity index (χ4v) is 2.95. The van der Waals surface area contributed by atoms with Crippen LogP contribution in [0.3, 0.4) is 0 Å². The van der Waals surface area contributed by atoms with E-state index in [2.05, 4.69) is 10.3 Å². The van der Waals surface area contributed by atoms with E-state index in [9.17, 15) is 0 Å². The number of rotatable bonds is 2. The van der Waals surface area contributed by atoms with E-state index in [1.807, 2.05) is 18.2 Å². The molecule has 0 spiro atoms. The molecule has 1 aliphatic rings. The average Bonchev–Trinajstić information content (AvgIpc) is 2.70. The third-order valence-corrected chi connectivity index (χ3v) is 3.75. The van der Waals surface area contributed by atoms with Gasteiger partial charge in [-0.15, -0.1) is 0 Å². The lowest BCUT2D eigenvalue weighted by molar-refractivity contribution is 0.963. The van der Waals surface area contributed by atoms with Crippen LogP contribution in [0, 0.1) is 0 Å². The van der Waals surface area contributed by atoms with E-state index in [-0.39, 0.29) is 0 Å². The standard InChI is InChI=1S/C10H10Cl2N2S/c11-8-2-1-3-9(12)7(8)6-15-10-13-4-5-14-10/h1-3H,4-6H2,(H,13,14). The lowest BCUT2D eigenvalue weighted by Crippen LogP contribution is -2.15. The second-order valence-corrected chi connectivity index (χ2v) is 4.88. The van der Waals surface area contributed by atoms with Crippen LogP contribution < -0.4 is 5.32 Å². The van der Waals surface area contributed by atoms with Gasteiger partial charge in [0.15, 0.2) is 5.17 Å². The monoisotopic (exact) mass is 260 g/mol. The summed E-state index contributed by atoms with van der Waals surface area (Å²) < 4.78 is 0. The Balaban J connectivity index is 2.04. The minimum absolute atomic E-state index is 0.716. The fraction of sp³-hybridized carbons (Fsp3) is 0.300. The maximum absolute atomic E-state index is 6.06. The van der Waals surface area contributed by atoms with E-state index in [0.29, 0.717) is 10.0 Å². The number of hydrogen-bond donors (Lipinski definition) is 1. The molecule has 1 aromatic carbocycles. The first kappa shape index (κ1) is 11.1. The van der Waals surface area contributed by atoms with Crippen LogP contribution in [0.15, 0.2) is 23.2 Å². The molecule has 0 amide bonds. The average molecular weight is 261 g/mol. The summed E-state index contributed by atoms with van der Waals surface area (Å²) in [4.78, 5) is 4.29. The number of hydrogen-bond acceptors (Lipinski definition) is 3. The number of nitrogens with zero attached hydrogens (tertiary/aromatic N) is 1. The van der Waals surface area contributed by atoms with Crippen LogP contribution in [-0.4, -0.2) is 18.3 Å². The van der Waals surface area contributed by atoms with Gasteiger partial charge < -0.3 is 5.32 Å². The van der Waals surface area contributed by atoms with Crippen molar-refractivity contribution in [2.75, 3.05) is 13.1 Å². The second-order valence-electron chi connectivity index (χ2n) is 3.10. The Morgan fingerprint density at radius 1 is 1.33 bits per heavy atom. The lowest BCUT2D eigenvalue weighted by atomic mass is 10.2. The SMILES string of the molecule is Clc1cccc(Cl)c1CSC1=NCCN1. The van der Waals surface area contributed by atoms with E-state index >= 15 is 0 Å². The first-order chi connectivity index (χ1) is 7.27. The zero-order valence-corrected chi connectivity index (χ0v) is 10.3. The lowest BCUT2D eigenvalue weighted by Gasteiger charge is -2.06. The highest BCUT2D eigenvalue weighted by Crippen LogP contribution is 2.28. The van der Waals surface area contributed by atoms with E-state index in [1.54, 1.807) is 11.8 Å². The quantitative estimate of drug-likeness (QED) is 0.884. The van der Waals surface area contributed by atoms with Gasteiger partial charge in [-0.25, -0.2) is 0 Å². The summed E-state index contributed by atoms with van der Waals surface area (Å²) in [5.74, 6) is 0.754. The van der Waals surface area contributed by atoms with Crippen LogP contribution in [0.25, 0.3) is 0 Å². The van der Waals surface area contributed by atoms with E-state index < -0.39 is 0 Å². The summed E-state index contributed by atoms with van der Waals surface area (Å²) >= 11 is 13.7. The van der Waals surface area contributed by atoms with Crippen molar-refractivity contribution in [1.82, 2.24) is 5.32 Å². The van der Waals surface area contributed by atoms with Gasteiger partial charge in [-0.2, -0.15) is 0 Å². The molecule has 0 atom stereocenters. The summed E-state index contributed by atoms with van der Waals surface area (Å²) in [6.07, 6.45) is 0. The summed E-state index contributed by atoms with van der Waals surface area (Å²) in [5.41, 5.74) is 0.974. The molecule has 0 fully saturated rings. The zero-order valence-electron chi connectivity index (χ0n) is 7.96. The Labute approximate surface area is 103 Å². The van der Waals surface area contributed by atoms with Gasteiger partial charge in [0.05, 0.1) is 6.54 Å². The summed E-state index contributed by atoms with van der Waals surface area (Å²) in [7, 11) is 0. The molecule has 2 nitrogen and oxygen atoms in total. The van der Waals surface area contributed by atoms with Gasteiger partial charge in [-0.1, -0.05) is 41.0 Å². The minimum atomic E-state index is 0.716. The van der Waals surface area contributed by atoms with Crippen molar-refractivity contribution in [2.24, 2.45) is 4.99 Å². The van der Waals surface area contributed by atoms with Crippen molar-refractivity contribution >= 4 is 40.1 Å². The van der Waals surface area contributed by atoms with E-state index in [1.165, 1.54) is 0 Å². The van der Waals surface area contributed by atoms with Crippen molar-refractivity contribution < 1.29 is 0 Å². The van der Waals surface area contributed by atoms with Crippen molar-refractivity contribution in [3.63, 3.8) is 0 Å². The molecule has 5 heteroatoms. The predicted octanol–water partition coefficient (Wildman–Crippen LogP) is 3.19. The molecule has 1 aromatic rings. The number of amidine groups is 1. The summed E-state index contributed by atoms with van der Waals surface area (Å²) in [6.45, 7) is 1.79. The van der Waals surface area contributed by atoms with Crippen LogP contribution >= 0.6 is 35.0 Å². The van der Waals surface area contributed by atoms with Gasteiger partial charge >= 0.3 is 0 Å². The molecule has 0 bridgehead atoms. The fourth-order valence-electron chi connectivity index (χ4n) is 1.28. The highest BCUT2D eigenvalue weighted by Gasteiger charge is 2.09. The van der Waals surface area contributed by atoms with Crippen LogP contribution in [0.4, 0.5) is 0 Å². The third-order valence-electron chi connectivity index (χ3n) is 2.06. The second kappa shape index (κ2) is 5.10. The van der Waals surface area contributed by atoms with Gasteiger partial charge in [-0.3, -0.25) is 4.99 Å². The van der Waals surface area contributed by atoms with Gasteiger partial charge in [0.2, 0.25) is 0 Å². The van der Waals surface area contributed by atoms with Crippen molar-refractivity contribution in [3.8, 4) is 0 Å². The first-order valence-corrected chi connectivity index (χ1v) is 6.35. The van der Waals surface area contributed by atoms with Crippen LogP contribution in [0.1, 0.15) is 5.56 Å².